The van der Waals surface area contributed by atoms with Crippen molar-refractivity contribution in [2.75, 3.05) is 11.9 Å². The molecule has 1 aromatic heterocycles. The molecule has 2 aliphatic rings. The zero-order chi connectivity index (χ0) is 17.3. The van der Waals surface area contributed by atoms with Crippen molar-refractivity contribution in [2.24, 2.45) is 5.92 Å². The molecule has 0 saturated heterocycles. The fourth-order valence-electron chi connectivity index (χ4n) is 3.45. The Labute approximate surface area is 141 Å². The van der Waals surface area contributed by atoms with E-state index in [-0.39, 0.29) is 18.5 Å². The summed E-state index contributed by atoms with van der Waals surface area (Å²) in [4.78, 5) is 23.8. The summed E-state index contributed by atoms with van der Waals surface area (Å²) in [5.41, 5.74) is 2.42. The lowest BCUT2D eigenvalue weighted by Crippen LogP contribution is -2.24. The molecule has 2 fully saturated rings. The first kappa shape index (κ1) is 16.6. The Kier molecular flexibility index (Phi) is 4.61. The summed E-state index contributed by atoms with van der Waals surface area (Å²) in [7, 11) is 0. The third-order valence-electron chi connectivity index (χ3n) is 5.07. The SMILES string of the molecule is Cc1c(C#N)c(NC(=O)COC(=O)C2CC2)n(C2CCCC2)c1C. The number of hydrogen-bond donors (Lipinski definition) is 1. The fourth-order valence-corrected chi connectivity index (χ4v) is 3.45. The highest BCUT2D eigenvalue weighted by atomic mass is 16.5. The van der Waals surface area contributed by atoms with Gasteiger partial charge in [0, 0.05) is 11.7 Å². The molecule has 0 atom stereocenters. The third kappa shape index (κ3) is 3.16. The highest BCUT2D eigenvalue weighted by Gasteiger charge is 2.32. The quantitative estimate of drug-likeness (QED) is 0.842. The van der Waals surface area contributed by atoms with Gasteiger partial charge >= 0.3 is 5.97 Å². The van der Waals surface area contributed by atoms with E-state index in [1.807, 2.05) is 13.8 Å². The minimum absolute atomic E-state index is 0.0284. The van der Waals surface area contributed by atoms with Gasteiger partial charge in [0.1, 0.15) is 11.9 Å². The monoisotopic (exact) mass is 329 g/mol. The van der Waals surface area contributed by atoms with Crippen LogP contribution in [0.4, 0.5) is 5.82 Å². The number of hydrogen-bond acceptors (Lipinski definition) is 4. The number of nitriles is 1. The molecular formula is C18H23N3O3. The van der Waals surface area contributed by atoms with Crippen molar-refractivity contribution in [3.63, 3.8) is 0 Å². The number of nitrogens with zero attached hydrogens (tertiary/aromatic N) is 2. The molecule has 2 aliphatic carbocycles. The van der Waals surface area contributed by atoms with Crippen molar-refractivity contribution < 1.29 is 14.3 Å². The molecule has 1 amide bonds. The van der Waals surface area contributed by atoms with E-state index >= 15 is 0 Å². The van der Waals surface area contributed by atoms with Gasteiger partial charge in [-0.3, -0.25) is 9.59 Å². The largest absolute Gasteiger partial charge is 0.455 e. The summed E-state index contributed by atoms with van der Waals surface area (Å²) in [6, 6.07) is 2.52. The van der Waals surface area contributed by atoms with Crippen LogP contribution in [0.2, 0.25) is 0 Å². The van der Waals surface area contributed by atoms with Crippen molar-refractivity contribution in [3.05, 3.63) is 16.8 Å². The summed E-state index contributed by atoms with van der Waals surface area (Å²) >= 11 is 0. The normalized spacial score (nSPS) is 17.5. The van der Waals surface area contributed by atoms with Gasteiger partial charge in [-0.05, 0) is 45.1 Å². The van der Waals surface area contributed by atoms with Crippen LogP contribution in [0.5, 0.6) is 0 Å². The number of esters is 1. The van der Waals surface area contributed by atoms with Crippen LogP contribution in [0, 0.1) is 31.1 Å². The average Bonchev–Trinajstić information content (AvgIpc) is 3.23. The molecule has 0 bridgehead atoms. The van der Waals surface area contributed by atoms with Crippen molar-refractivity contribution >= 4 is 17.7 Å². The molecule has 0 aliphatic heterocycles. The minimum atomic E-state index is -0.391. The molecule has 1 aromatic rings. The highest BCUT2D eigenvalue weighted by Crippen LogP contribution is 2.37. The van der Waals surface area contributed by atoms with E-state index in [0.717, 1.165) is 49.8 Å². The van der Waals surface area contributed by atoms with Gasteiger partial charge in [-0.15, -0.1) is 0 Å². The lowest BCUT2D eigenvalue weighted by atomic mass is 10.2. The first-order chi connectivity index (χ1) is 11.5. The molecule has 128 valence electrons. The van der Waals surface area contributed by atoms with E-state index in [9.17, 15) is 14.9 Å². The van der Waals surface area contributed by atoms with E-state index in [4.69, 9.17) is 4.74 Å². The molecule has 0 aromatic carbocycles. The molecule has 6 heteroatoms. The Balaban J connectivity index is 1.77. The highest BCUT2D eigenvalue weighted by molar-refractivity contribution is 5.94. The number of nitrogens with one attached hydrogen (secondary N) is 1. The Hall–Kier alpha value is -2.29. The first-order valence-corrected chi connectivity index (χ1v) is 8.61. The Morgan fingerprint density at radius 3 is 2.50 bits per heavy atom. The van der Waals surface area contributed by atoms with Crippen LogP contribution < -0.4 is 5.32 Å². The second-order valence-corrected chi connectivity index (χ2v) is 6.78. The molecule has 1 N–H and O–H groups in total. The van der Waals surface area contributed by atoms with E-state index < -0.39 is 5.91 Å². The van der Waals surface area contributed by atoms with Gasteiger partial charge in [0.15, 0.2) is 6.61 Å². The Morgan fingerprint density at radius 1 is 1.25 bits per heavy atom. The molecule has 1 heterocycles. The second kappa shape index (κ2) is 6.68. The van der Waals surface area contributed by atoms with Crippen LogP contribution in [0.15, 0.2) is 0 Å². The minimum Gasteiger partial charge on any atom is -0.455 e. The number of amides is 1. The van der Waals surface area contributed by atoms with Crippen LogP contribution in [0.25, 0.3) is 0 Å². The zero-order valence-corrected chi connectivity index (χ0v) is 14.2. The summed E-state index contributed by atoms with van der Waals surface area (Å²) < 4.78 is 7.12. The van der Waals surface area contributed by atoms with Crippen molar-refractivity contribution in [1.29, 1.82) is 5.26 Å². The second-order valence-electron chi connectivity index (χ2n) is 6.78. The standard InChI is InChI=1S/C18H23N3O3/c1-11-12(2)21(14-5-3-4-6-14)17(15(11)9-19)20-16(22)10-24-18(23)13-7-8-13/h13-14H,3-8,10H2,1-2H3,(H,20,22). The Morgan fingerprint density at radius 2 is 1.92 bits per heavy atom. The molecule has 6 nitrogen and oxygen atoms in total. The van der Waals surface area contributed by atoms with Crippen LogP contribution >= 0.6 is 0 Å². The maximum atomic E-state index is 12.2. The van der Waals surface area contributed by atoms with Gasteiger partial charge in [0.05, 0.1) is 11.5 Å². The molecule has 24 heavy (non-hydrogen) atoms. The van der Waals surface area contributed by atoms with Gasteiger partial charge in [0.2, 0.25) is 0 Å². The summed E-state index contributed by atoms with van der Waals surface area (Å²) in [6.07, 6.45) is 6.13. The lowest BCUT2D eigenvalue weighted by molar-refractivity contribution is -0.148. The predicted octanol–water partition coefficient (Wildman–Crippen LogP) is 2.98. The Bertz CT molecular complexity index is 704. The number of carbonyl (C=O) groups excluding carboxylic acids is 2. The van der Waals surface area contributed by atoms with Crippen molar-refractivity contribution in [1.82, 2.24) is 4.57 Å². The smallest absolute Gasteiger partial charge is 0.309 e. The number of rotatable bonds is 5. The van der Waals surface area contributed by atoms with Gasteiger partial charge < -0.3 is 14.6 Å². The number of ether oxygens (including phenoxy) is 1. The number of carbonyl (C=O) groups is 2. The van der Waals surface area contributed by atoms with Crippen molar-refractivity contribution in [3.8, 4) is 6.07 Å². The average molecular weight is 329 g/mol. The molecule has 0 spiro atoms. The number of aromatic nitrogens is 1. The lowest BCUT2D eigenvalue weighted by Gasteiger charge is -2.19. The molecule has 2 saturated carbocycles. The summed E-state index contributed by atoms with van der Waals surface area (Å²) in [5.74, 6) is -0.174. The molecule has 0 radical (unpaired) electrons. The van der Waals surface area contributed by atoms with Gasteiger partial charge in [-0.2, -0.15) is 5.26 Å². The van der Waals surface area contributed by atoms with E-state index in [0.29, 0.717) is 17.4 Å². The zero-order valence-electron chi connectivity index (χ0n) is 14.2. The van der Waals surface area contributed by atoms with Gasteiger partial charge in [0.25, 0.3) is 5.91 Å². The molecule has 3 rings (SSSR count). The fraction of sp³-hybridized carbons (Fsp3) is 0.611. The van der Waals surface area contributed by atoms with E-state index in [1.165, 1.54) is 0 Å². The third-order valence-corrected chi connectivity index (χ3v) is 5.07. The molecular weight excluding hydrogens is 306 g/mol. The summed E-state index contributed by atoms with van der Waals surface area (Å²) in [5, 5.41) is 12.3. The van der Waals surface area contributed by atoms with Gasteiger partial charge in [-0.25, -0.2) is 0 Å². The first-order valence-electron chi connectivity index (χ1n) is 8.61. The maximum Gasteiger partial charge on any atom is 0.309 e. The van der Waals surface area contributed by atoms with Crippen LogP contribution in [-0.2, 0) is 14.3 Å². The van der Waals surface area contributed by atoms with Crippen LogP contribution in [0.3, 0.4) is 0 Å². The predicted molar refractivity (Wildman–Crippen MR) is 88.4 cm³/mol. The maximum absolute atomic E-state index is 12.2. The van der Waals surface area contributed by atoms with E-state index in [1.54, 1.807) is 0 Å². The topological polar surface area (TPSA) is 84.1 Å². The van der Waals surface area contributed by atoms with E-state index in [2.05, 4.69) is 16.0 Å². The number of anilines is 1. The summed E-state index contributed by atoms with van der Waals surface area (Å²) in [6.45, 7) is 3.59. The molecule has 0 unspecified atom stereocenters. The van der Waals surface area contributed by atoms with Crippen molar-refractivity contribution in [2.45, 2.75) is 58.4 Å². The van der Waals surface area contributed by atoms with Gasteiger partial charge in [-0.1, -0.05) is 12.8 Å². The van der Waals surface area contributed by atoms with Crippen LogP contribution in [-0.4, -0.2) is 23.1 Å². The van der Waals surface area contributed by atoms with Crippen LogP contribution in [0.1, 0.15) is 61.4 Å².